The zero-order chi connectivity index (χ0) is 14.6. The molecule has 0 bridgehead atoms. The van der Waals surface area contributed by atoms with Gasteiger partial charge in [0.15, 0.2) is 0 Å². The fourth-order valence-electron chi connectivity index (χ4n) is 2.35. The summed E-state index contributed by atoms with van der Waals surface area (Å²) < 4.78 is 5.40. The molecule has 0 aliphatic heterocycles. The first-order chi connectivity index (χ1) is 9.77. The third kappa shape index (κ3) is 7.20. The lowest BCUT2D eigenvalue weighted by molar-refractivity contribution is 0.405. The molecule has 0 fully saturated rings. The Bertz CT molecular complexity index is 357. The Balaban J connectivity index is 2.15. The molecule has 1 aromatic carbocycles. The average Bonchev–Trinajstić information content (AvgIpc) is 2.47. The van der Waals surface area contributed by atoms with Crippen molar-refractivity contribution in [2.45, 2.75) is 45.1 Å². The molecule has 0 amide bonds. The predicted octanol–water partition coefficient (Wildman–Crippen LogP) is 4.14. The molecule has 0 aromatic heterocycles. The van der Waals surface area contributed by atoms with Crippen LogP contribution in [0.5, 0.6) is 5.75 Å². The van der Waals surface area contributed by atoms with Gasteiger partial charge in [-0.25, -0.2) is 0 Å². The molecule has 20 heavy (non-hydrogen) atoms. The highest BCUT2D eigenvalue weighted by Crippen LogP contribution is 2.18. The summed E-state index contributed by atoms with van der Waals surface area (Å²) in [6.45, 7) is 3.37. The molecule has 1 aromatic rings. The molecule has 1 rings (SSSR count). The third-order valence-corrected chi connectivity index (χ3v) is 4.18. The number of hydrogen-bond acceptors (Lipinski definition) is 3. The molecule has 114 valence electrons. The Morgan fingerprint density at radius 1 is 1.15 bits per heavy atom. The van der Waals surface area contributed by atoms with Crippen LogP contribution in [0.1, 0.15) is 38.2 Å². The Morgan fingerprint density at radius 3 is 2.65 bits per heavy atom. The molecule has 0 saturated carbocycles. The highest BCUT2D eigenvalue weighted by molar-refractivity contribution is 7.98. The van der Waals surface area contributed by atoms with Crippen molar-refractivity contribution in [1.29, 1.82) is 0 Å². The molecule has 1 atom stereocenters. The molecule has 0 saturated heterocycles. The largest absolute Gasteiger partial charge is 0.496 e. The molecule has 0 heterocycles. The zero-order valence-corrected chi connectivity index (χ0v) is 14.0. The smallest absolute Gasteiger partial charge is 0.122 e. The summed E-state index contributed by atoms with van der Waals surface area (Å²) >= 11 is 1.95. The Kier molecular flexibility index (Phi) is 9.60. The number of rotatable bonds is 11. The van der Waals surface area contributed by atoms with E-state index in [0.29, 0.717) is 6.04 Å². The molecular formula is C17H29NOS. The maximum atomic E-state index is 5.40. The summed E-state index contributed by atoms with van der Waals surface area (Å²) in [6, 6.07) is 8.79. The summed E-state index contributed by atoms with van der Waals surface area (Å²) in [6.07, 6.45) is 8.55. The van der Waals surface area contributed by atoms with Crippen LogP contribution >= 0.6 is 11.8 Å². The number of methoxy groups -OCH3 is 1. The second kappa shape index (κ2) is 11.0. The van der Waals surface area contributed by atoms with Crippen LogP contribution in [0.25, 0.3) is 0 Å². The summed E-state index contributed by atoms with van der Waals surface area (Å²) in [7, 11) is 1.74. The lowest BCUT2D eigenvalue weighted by Crippen LogP contribution is -2.29. The van der Waals surface area contributed by atoms with Gasteiger partial charge in [-0.15, -0.1) is 0 Å². The minimum atomic E-state index is 0.498. The van der Waals surface area contributed by atoms with E-state index in [-0.39, 0.29) is 0 Å². The van der Waals surface area contributed by atoms with Gasteiger partial charge in [-0.1, -0.05) is 31.0 Å². The highest BCUT2D eigenvalue weighted by Gasteiger charge is 2.06. The Morgan fingerprint density at radius 2 is 1.90 bits per heavy atom. The summed E-state index contributed by atoms with van der Waals surface area (Å²) in [5, 5.41) is 3.61. The van der Waals surface area contributed by atoms with E-state index in [1.54, 1.807) is 7.11 Å². The van der Waals surface area contributed by atoms with Crippen LogP contribution in [0.4, 0.5) is 0 Å². The van der Waals surface area contributed by atoms with Crippen LogP contribution < -0.4 is 10.1 Å². The van der Waals surface area contributed by atoms with Gasteiger partial charge in [0.05, 0.1) is 7.11 Å². The number of thioether (sulfide) groups is 1. The number of benzene rings is 1. The van der Waals surface area contributed by atoms with Crippen molar-refractivity contribution in [3.8, 4) is 5.75 Å². The third-order valence-electron chi connectivity index (χ3n) is 3.49. The van der Waals surface area contributed by atoms with Gasteiger partial charge in [0.2, 0.25) is 0 Å². The van der Waals surface area contributed by atoms with Gasteiger partial charge in [-0.3, -0.25) is 0 Å². The number of unbranched alkanes of at least 4 members (excludes halogenated alkanes) is 3. The molecule has 2 nitrogen and oxygen atoms in total. The van der Waals surface area contributed by atoms with Crippen molar-refractivity contribution in [1.82, 2.24) is 5.32 Å². The number of ether oxygens (including phenoxy) is 1. The zero-order valence-electron chi connectivity index (χ0n) is 13.2. The Hall–Kier alpha value is -0.670. The van der Waals surface area contributed by atoms with Crippen molar-refractivity contribution >= 4 is 11.8 Å². The second-order valence-electron chi connectivity index (χ2n) is 5.28. The van der Waals surface area contributed by atoms with Gasteiger partial charge in [0.1, 0.15) is 5.75 Å². The molecule has 1 unspecified atom stereocenters. The average molecular weight is 295 g/mol. The van der Waals surface area contributed by atoms with E-state index < -0.39 is 0 Å². The Labute approximate surface area is 128 Å². The van der Waals surface area contributed by atoms with E-state index in [4.69, 9.17) is 4.74 Å². The highest BCUT2D eigenvalue weighted by atomic mass is 32.2. The molecule has 0 aliphatic carbocycles. The van der Waals surface area contributed by atoms with Crippen LogP contribution in [0.3, 0.4) is 0 Å². The molecule has 0 aliphatic rings. The number of para-hydroxylation sites is 1. The van der Waals surface area contributed by atoms with Crippen LogP contribution in [-0.2, 0) is 6.42 Å². The van der Waals surface area contributed by atoms with Crippen LogP contribution in [0, 0.1) is 0 Å². The monoisotopic (exact) mass is 295 g/mol. The molecule has 0 radical (unpaired) electrons. The van der Waals surface area contributed by atoms with Crippen LogP contribution in [-0.4, -0.2) is 31.7 Å². The van der Waals surface area contributed by atoms with Gasteiger partial charge in [0, 0.05) is 6.04 Å². The summed E-state index contributed by atoms with van der Waals surface area (Å²) in [5.74, 6) is 2.30. The first kappa shape index (κ1) is 17.4. The minimum absolute atomic E-state index is 0.498. The fourth-order valence-corrected chi connectivity index (χ4v) is 2.84. The fraction of sp³-hybridized carbons (Fsp3) is 0.647. The molecule has 3 heteroatoms. The van der Waals surface area contributed by atoms with Crippen LogP contribution in [0.15, 0.2) is 24.3 Å². The SMILES string of the molecule is COc1ccccc1CC(C)NCCCCCCSC. The maximum Gasteiger partial charge on any atom is 0.122 e. The molecular weight excluding hydrogens is 266 g/mol. The standard InChI is InChI=1S/C17H29NOS/c1-15(18-12-8-4-5-9-13-20-3)14-16-10-6-7-11-17(16)19-2/h6-7,10-11,15,18H,4-5,8-9,12-14H2,1-3H3. The van der Waals surface area contributed by atoms with Crippen molar-refractivity contribution in [2.75, 3.05) is 25.7 Å². The van der Waals surface area contributed by atoms with Gasteiger partial charge >= 0.3 is 0 Å². The topological polar surface area (TPSA) is 21.3 Å². The number of hydrogen-bond donors (Lipinski definition) is 1. The van der Waals surface area contributed by atoms with Gasteiger partial charge in [0.25, 0.3) is 0 Å². The van der Waals surface area contributed by atoms with Gasteiger partial charge in [-0.2, -0.15) is 11.8 Å². The van der Waals surface area contributed by atoms with Crippen molar-refractivity contribution < 1.29 is 4.74 Å². The quantitative estimate of drug-likeness (QED) is 0.620. The number of nitrogens with one attached hydrogen (secondary N) is 1. The van der Waals surface area contributed by atoms with E-state index in [1.807, 2.05) is 23.9 Å². The molecule has 0 spiro atoms. The first-order valence-corrected chi connectivity index (χ1v) is 9.01. The van der Waals surface area contributed by atoms with E-state index in [0.717, 1.165) is 18.7 Å². The van der Waals surface area contributed by atoms with Crippen molar-refractivity contribution in [3.05, 3.63) is 29.8 Å². The van der Waals surface area contributed by atoms with Gasteiger partial charge < -0.3 is 10.1 Å². The van der Waals surface area contributed by atoms with E-state index in [1.165, 1.54) is 37.0 Å². The summed E-state index contributed by atoms with van der Waals surface area (Å²) in [4.78, 5) is 0. The maximum absolute atomic E-state index is 5.40. The molecule has 1 N–H and O–H groups in total. The van der Waals surface area contributed by atoms with Crippen molar-refractivity contribution in [2.24, 2.45) is 0 Å². The lowest BCUT2D eigenvalue weighted by Gasteiger charge is -2.15. The van der Waals surface area contributed by atoms with Gasteiger partial charge in [-0.05, 0) is 56.4 Å². The van der Waals surface area contributed by atoms with E-state index in [9.17, 15) is 0 Å². The first-order valence-electron chi connectivity index (χ1n) is 7.62. The predicted molar refractivity (Wildman–Crippen MR) is 91.0 cm³/mol. The van der Waals surface area contributed by atoms with E-state index >= 15 is 0 Å². The van der Waals surface area contributed by atoms with Crippen molar-refractivity contribution in [3.63, 3.8) is 0 Å². The minimum Gasteiger partial charge on any atom is -0.496 e. The lowest BCUT2D eigenvalue weighted by atomic mass is 10.1. The second-order valence-corrected chi connectivity index (χ2v) is 6.26. The van der Waals surface area contributed by atoms with E-state index in [2.05, 4.69) is 30.6 Å². The summed E-state index contributed by atoms with van der Waals surface area (Å²) in [5.41, 5.74) is 1.29. The normalized spacial score (nSPS) is 12.3. The van der Waals surface area contributed by atoms with Crippen LogP contribution in [0.2, 0.25) is 0 Å².